The second-order valence-electron chi connectivity index (χ2n) is 7.88. The van der Waals surface area contributed by atoms with E-state index < -0.39 is 29.8 Å². The van der Waals surface area contributed by atoms with E-state index in [1.807, 2.05) is 0 Å². The number of aliphatic imine (C=N–C) groups is 1. The first-order valence-electron chi connectivity index (χ1n) is 10.7. The minimum atomic E-state index is -1.36. The van der Waals surface area contributed by atoms with Crippen molar-refractivity contribution in [2.24, 2.45) is 10.7 Å². The molecule has 2 amide bonds. The summed E-state index contributed by atoms with van der Waals surface area (Å²) in [6, 6.07) is 5.16. The number of likely N-dealkylation sites (tertiary alicyclic amines) is 1. The normalized spacial score (nSPS) is 18.2. The topological polar surface area (TPSA) is 118 Å². The van der Waals surface area contributed by atoms with Gasteiger partial charge in [-0.2, -0.15) is 5.10 Å². The van der Waals surface area contributed by atoms with Crippen LogP contribution in [0.4, 0.5) is 8.78 Å². The highest BCUT2D eigenvalue weighted by Gasteiger charge is 2.39. The number of halogens is 3. The van der Waals surface area contributed by atoms with Gasteiger partial charge in [0.05, 0.1) is 35.3 Å². The second-order valence-corrected chi connectivity index (χ2v) is 8.28. The highest BCUT2D eigenvalue weighted by molar-refractivity contribution is 6.30. The molecule has 0 spiro atoms. The summed E-state index contributed by atoms with van der Waals surface area (Å²) in [6.45, 7) is -0.593. The number of amides is 2. The molecule has 2 atom stereocenters. The van der Waals surface area contributed by atoms with E-state index in [1.165, 1.54) is 27.9 Å². The Labute approximate surface area is 204 Å². The van der Waals surface area contributed by atoms with Crippen LogP contribution in [-0.2, 0) is 22.7 Å². The van der Waals surface area contributed by atoms with Crippen LogP contribution < -0.4 is 11.1 Å². The number of nitrogens with two attached hydrogens (primary N) is 1. The van der Waals surface area contributed by atoms with E-state index in [1.54, 1.807) is 30.6 Å². The van der Waals surface area contributed by atoms with E-state index in [9.17, 15) is 18.4 Å². The minimum Gasteiger partial charge on any atom is -0.390 e. The zero-order valence-corrected chi connectivity index (χ0v) is 19.2. The lowest BCUT2D eigenvalue weighted by atomic mass is 10.1. The molecule has 0 aliphatic carbocycles. The van der Waals surface area contributed by atoms with Crippen molar-refractivity contribution < 1.29 is 18.4 Å². The van der Waals surface area contributed by atoms with E-state index in [0.717, 1.165) is 11.7 Å². The second kappa shape index (κ2) is 10.6. The Balaban J connectivity index is 1.50. The summed E-state index contributed by atoms with van der Waals surface area (Å²) in [6.07, 6.45) is 5.87. The molecule has 1 aromatic carbocycles. The molecule has 0 radical (unpaired) electrons. The Morgan fingerprint density at radius 3 is 2.97 bits per heavy atom. The zero-order chi connectivity index (χ0) is 24.9. The van der Waals surface area contributed by atoms with Crippen LogP contribution in [0.3, 0.4) is 0 Å². The molecular formula is C23H22ClF2N7O2. The van der Waals surface area contributed by atoms with Gasteiger partial charge in [0.2, 0.25) is 11.8 Å². The van der Waals surface area contributed by atoms with Gasteiger partial charge in [-0.3, -0.25) is 19.3 Å². The maximum atomic E-state index is 14.3. The number of benzene rings is 1. The highest BCUT2D eigenvalue weighted by Crippen LogP contribution is 2.24. The van der Waals surface area contributed by atoms with Gasteiger partial charge in [0, 0.05) is 36.3 Å². The molecule has 0 bridgehead atoms. The molecule has 9 nitrogen and oxygen atoms in total. The molecule has 182 valence electrons. The van der Waals surface area contributed by atoms with E-state index in [2.05, 4.69) is 20.4 Å². The fourth-order valence-corrected chi connectivity index (χ4v) is 4.16. The fourth-order valence-electron chi connectivity index (χ4n) is 3.97. The van der Waals surface area contributed by atoms with E-state index >= 15 is 0 Å². The van der Waals surface area contributed by atoms with Crippen LogP contribution in [0.5, 0.6) is 0 Å². The summed E-state index contributed by atoms with van der Waals surface area (Å²) in [7, 11) is 0. The van der Waals surface area contributed by atoms with Gasteiger partial charge in [-0.15, -0.1) is 0 Å². The van der Waals surface area contributed by atoms with Crippen LogP contribution in [0.1, 0.15) is 17.7 Å². The molecule has 0 saturated carbocycles. The van der Waals surface area contributed by atoms with Crippen molar-refractivity contribution in [1.82, 2.24) is 25.0 Å². The monoisotopic (exact) mass is 501 g/mol. The van der Waals surface area contributed by atoms with Gasteiger partial charge in [0.15, 0.2) is 0 Å². The van der Waals surface area contributed by atoms with E-state index in [4.69, 9.17) is 17.3 Å². The summed E-state index contributed by atoms with van der Waals surface area (Å²) in [5.41, 5.74) is 6.57. The molecule has 2 aromatic heterocycles. The van der Waals surface area contributed by atoms with Crippen molar-refractivity contribution in [3.05, 3.63) is 65.0 Å². The van der Waals surface area contributed by atoms with Crippen molar-refractivity contribution in [3.63, 3.8) is 0 Å². The number of fused-ring (bicyclic) bond motifs is 1. The Bertz CT molecular complexity index is 1310. The largest absolute Gasteiger partial charge is 0.390 e. The Morgan fingerprint density at radius 1 is 1.34 bits per heavy atom. The van der Waals surface area contributed by atoms with Gasteiger partial charge in [-0.05, 0) is 18.2 Å². The Hall–Kier alpha value is -3.86. The maximum absolute atomic E-state index is 14.3. The van der Waals surface area contributed by atoms with Gasteiger partial charge in [0.25, 0.3) is 0 Å². The molecule has 1 aliphatic rings. The first-order chi connectivity index (χ1) is 16.9. The summed E-state index contributed by atoms with van der Waals surface area (Å²) >= 11 is 5.78. The van der Waals surface area contributed by atoms with Crippen LogP contribution in [-0.4, -0.2) is 56.6 Å². The standard InChI is InChI=1S/C23H22ClF2N7O2/c24-17-3-1-2-14(22(17)26)9-30-23(35)19-8-15(25)11-32(19)21(34)12-33-20-10-28-6-4-16(20)18(31-33)5-7-29-13-27/h1-7,10,13,15,19H,8-9,11-12H2,(H2,27,29)(H,30,35)/b7-5+/t15-,19+/m1/s1. The number of aromatic nitrogens is 3. The van der Waals surface area contributed by atoms with Gasteiger partial charge in [-0.25, -0.2) is 13.8 Å². The van der Waals surface area contributed by atoms with Crippen LogP contribution in [0.15, 0.2) is 47.9 Å². The molecule has 3 N–H and O–H groups in total. The number of carbonyl (C=O) groups excluding carboxylic acids is 2. The van der Waals surface area contributed by atoms with Crippen molar-refractivity contribution in [2.75, 3.05) is 6.54 Å². The molecule has 1 saturated heterocycles. The van der Waals surface area contributed by atoms with Gasteiger partial charge in [0.1, 0.15) is 24.6 Å². The fraction of sp³-hybridized carbons (Fsp3) is 0.261. The molecule has 35 heavy (non-hydrogen) atoms. The summed E-state index contributed by atoms with van der Waals surface area (Å²) in [5.74, 6) is -1.70. The molecule has 3 heterocycles. The van der Waals surface area contributed by atoms with E-state index in [0.29, 0.717) is 11.2 Å². The van der Waals surface area contributed by atoms with Crippen LogP contribution in [0.2, 0.25) is 5.02 Å². The lowest BCUT2D eigenvalue weighted by Gasteiger charge is -2.23. The Morgan fingerprint density at radius 2 is 2.17 bits per heavy atom. The molecular weight excluding hydrogens is 480 g/mol. The third kappa shape index (κ3) is 5.29. The third-order valence-electron chi connectivity index (χ3n) is 5.63. The average Bonchev–Trinajstić information content (AvgIpc) is 3.41. The third-order valence-corrected chi connectivity index (χ3v) is 5.92. The first-order valence-corrected chi connectivity index (χ1v) is 11.1. The summed E-state index contributed by atoms with van der Waals surface area (Å²) in [4.78, 5) is 35.0. The average molecular weight is 502 g/mol. The summed E-state index contributed by atoms with van der Waals surface area (Å²) < 4.78 is 29.8. The van der Waals surface area contributed by atoms with Gasteiger partial charge < -0.3 is 16.0 Å². The van der Waals surface area contributed by atoms with Crippen LogP contribution >= 0.6 is 11.6 Å². The molecule has 12 heteroatoms. The number of nitrogens with one attached hydrogen (secondary N) is 1. The smallest absolute Gasteiger partial charge is 0.245 e. The number of hydrogen-bond donors (Lipinski definition) is 2. The lowest BCUT2D eigenvalue weighted by molar-refractivity contribution is -0.139. The SMILES string of the molecule is N/C=N\C=C\c1nn(CC(=O)N2C[C@H](F)C[C@H]2C(=O)NCc2cccc(Cl)c2F)c2cnccc12. The number of rotatable bonds is 7. The van der Waals surface area contributed by atoms with Crippen LogP contribution in [0.25, 0.3) is 17.0 Å². The number of pyridine rings is 1. The van der Waals surface area contributed by atoms with Crippen molar-refractivity contribution in [2.45, 2.75) is 31.7 Å². The molecule has 1 fully saturated rings. The molecule has 4 rings (SSSR count). The maximum Gasteiger partial charge on any atom is 0.245 e. The number of nitrogens with zero attached hydrogens (tertiary/aromatic N) is 5. The van der Waals surface area contributed by atoms with E-state index in [-0.39, 0.29) is 36.6 Å². The van der Waals surface area contributed by atoms with Crippen molar-refractivity contribution in [3.8, 4) is 0 Å². The number of alkyl halides is 1. The lowest BCUT2D eigenvalue weighted by Crippen LogP contribution is -2.46. The molecule has 1 aliphatic heterocycles. The molecule has 3 aromatic rings. The van der Waals surface area contributed by atoms with Gasteiger partial charge in [-0.1, -0.05) is 23.7 Å². The zero-order valence-electron chi connectivity index (χ0n) is 18.4. The summed E-state index contributed by atoms with van der Waals surface area (Å²) in [5, 5.41) is 7.68. The quantitative estimate of drug-likeness (QED) is 0.381. The predicted octanol–water partition coefficient (Wildman–Crippen LogP) is 2.44. The Kier molecular flexibility index (Phi) is 7.35. The predicted molar refractivity (Wildman–Crippen MR) is 128 cm³/mol. The van der Waals surface area contributed by atoms with Crippen LogP contribution in [0, 0.1) is 5.82 Å². The number of carbonyl (C=O) groups is 2. The highest BCUT2D eigenvalue weighted by atomic mass is 35.5. The number of hydrogen-bond acceptors (Lipinski definition) is 5. The van der Waals surface area contributed by atoms with Gasteiger partial charge >= 0.3 is 0 Å². The first kappa shape index (κ1) is 24.3. The van der Waals surface area contributed by atoms with Crippen molar-refractivity contribution >= 4 is 46.7 Å². The minimum absolute atomic E-state index is 0.0665. The molecule has 0 unspecified atom stereocenters. The van der Waals surface area contributed by atoms with Crippen molar-refractivity contribution in [1.29, 1.82) is 0 Å².